The monoisotopic (exact) mass is 461 g/mol. The van der Waals surface area contributed by atoms with E-state index in [0.717, 1.165) is 41.5 Å². The fourth-order valence-corrected chi connectivity index (χ4v) is 6.04. The van der Waals surface area contributed by atoms with Crippen LogP contribution in [0.1, 0.15) is 66.1 Å². The molecule has 4 nitrogen and oxygen atoms in total. The highest BCUT2D eigenvalue weighted by atomic mass is 16.2. The third-order valence-electron chi connectivity index (χ3n) is 7.86. The number of aromatic nitrogens is 2. The molecule has 0 spiro atoms. The Labute approximate surface area is 207 Å². The van der Waals surface area contributed by atoms with Crippen LogP contribution in [0.4, 0.5) is 0 Å². The number of hydrogen-bond acceptors (Lipinski definition) is 3. The summed E-state index contributed by atoms with van der Waals surface area (Å²) in [5.41, 5.74) is 6.08. The van der Waals surface area contributed by atoms with Gasteiger partial charge in [0.2, 0.25) is 0 Å². The molecule has 1 aliphatic carbocycles. The Hall–Kier alpha value is -3.53. The molecule has 3 heterocycles. The van der Waals surface area contributed by atoms with Gasteiger partial charge in [0.05, 0.1) is 22.8 Å². The molecule has 1 saturated carbocycles. The molecule has 6 rings (SSSR count). The van der Waals surface area contributed by atoms with E-state index in [2.05, 4.69) is 34.1 Å². The second kappa shape index (κ2) is 9.61. The van der Waals surface area contributed by atoms with Crippen LogP contribution in [0.2, 0.25) is 0 Å². The third-order valence-corrected chi connectivity index (χ3v) is 7.86. The van der Waals surface area contributed by atoms with Gasteiger partial charge < -0.3 is 4.90 Å². The largest absolute Gasteiger partial charge is 0.331 e. The average molecular weight is 462 g/mol. The van der Waals surface area contributed by atoms with E-state index in [4.69, 9.17) is 4.98 Å². The van der Waals surface area contributed by atoms with Crippen LogP contribution in [0.15, 0.2) is 79.1 Å². The van der Waals surface area contributed by atoms with Gasteiger partial charge in [-0.3, -0.25) is 9.78 Å². The quantitative estimate of drug-likeness (QED) is 0.328. The summed E-state index contributed by atoms with van der Waals surface area (Å²) in [6.45, 7) is 0.748. The third kappa shape index (κ3) is 4.34. The van der Waals surface area contributed by atoms with Crippen LogP contribution < -0.4 is 0 Å². The molecule has 2 aromatic heterocycles. The first kappa shape index (κ1) is 22.0. The van der Waals surface area contributed by atoms with E-state index >= 15 is 0 Å². The van der Waals surface area contributed by atoms with Gasteiger partial charge in [-0.05, 0) is 42.0 Å². The van der Waals surface area contributed by atoms with E-state index < -0.39 is 0 Å². The first-order valence-electron chi connectivity index (χ1n) is 13.0. The van der Waals surface area contributed by atoms with Gasteiger partial charge in [0.25, 0.3) is 5.91 Å². The summed E-state index contributed by atoms with van der Waals surface area (Å²) >= 11 is 0. The van der Waals surface area contributed by atoms with Gasteiger partial charge in [0.15, 0.2) is 0 Å². The van der Waals surface area contributed by atoms with Crippen LogP contribution in [0.5, 0.6) is 0 Å². The Balaban J connectivity index is 1.43. The second-order valence-corrected chi connectivity index (χ2v) is 10.0. The molecular weight excluding hydrogens is 430 g/mol. The number of benzene rings is 2. The molecule has 0 bridgehead atoms. The Bertz CT molecular complexity index is 1340. The molecule has 176 valence electrons. The van der Waals surface area contributed by atoms with Crippen LogP contribution >= 0.6 is 0 Å². The van der Waals surface area contributed by atoms with E-state index in [0.29, 0.717) is 11.5 Å². The van der Waals surface area contributed by atoms with Crippen LogP contribution in [0.3, 0.4) is 0 Å². The lowest BCUT2D eigenvalue weighted by Gasteiger charge is -2.40. The predicted molar refractivity (Wildman–Crippen MR) is 140 cm³/mol. The van der Waals surface area contributed by atoms with Gasteiger partial charge in [0, 0.05) is 29.9 Å². The lowest BCUT2D eigenvalue weighted by Crippen LogP contribution is -2.41. The van der Waals surface area contributed by atoms with E-state index in [1.54, 1.807) is 12.4 Å². The van der Waals surface area contributed by atoms with Crippen molar-refractivity contribution in [3.05, 3.63) is 95.8 Å². The highest BCUT2D eigenvalue weighted by Crippen LogP contribution is 2.40. The summed E-state index contributed by atoms with van der Waals surface area (Å²) in [6, 6.07) is 22.9. The summed E-state index contributed by atoms with van der Waals surface area (Å²) in [5, 5.41) is 0.826. The van der Waals surface area contributed by atoms with Crippen LogP contribution in [0, 0.1) is 5.92 Å². The van der Waals surface area contributed by atoms with E-state index in [9.17, 15) is 4.79 Å². The molecule has 2 aliphatic rings. The maximum atomic E-state index is 14.3. The molecule has 1 aliphatic heterocycles. The number of fused-ring (bicyclic) bond motifs is 2. The molecule has 0 saturated heterocycles. The molecule has 1 atom stereocenters. The number of pyridine rings is 2. The summed E-state index contributed by atoms with van der Waals surface area (Å²) in [7, 11) is 0. The Morgan fingerprint density at radius 1 is 0.943 bits per heavy atom. The summed E-state index contributed by atoms with van der Waals surface area (Å²) in [5.74, 6) is 0.781. The molecule has 1 amide bonds. The van der Waals surface area contributed by atoms with Gasteiger partial charge in [0.1, 0.15) is 0 Å². The number of nitrogens with zero attached hydrogens (tertiary/aromatic N) is 3. The predicted octanol–water partition coefficient (Wildman–Crippen LogP) is 7.01. The lowest BCUT2D eigenvalue weighted by molar-refractivity contribution is 0.0622. The summed E-state index contributed by atoms with van der Waals surface area (Å²) in [4.78, 5) is 25.7. The highest BCUT2D eigenvalue weighted by Gasteiger charge is 2.34. The molecule has 35 heavy (non-hydrogen) atoms. The fourth-order valence-electron chi connectivity index (χ4n) is 6.04. The van der Waals surface area contributed by atoms with Crippen molar-refractivity contribution in [3.63, 3.8) is 0 Å². The number of carbonyl (C=O) groups is 1. The van der Waals surface area contributed by atoms with Gasteiger partial charge in [-0.1, -0.05) is 86.7 Å². The Kier molecular flexibility index (Phi) is 6.03. The number of amides is 1. The molecule has 0 radical (unpaired) electrons. The van der Waals surface area contributed by atoms with Crippen molar-refractivity contribution in [2.75, 3.05) is 6.54 Å². The van der Waals surface area contributed by atoms with Crippen molar-refractivity contribution in [3.8, 4) is 11.3 Å². The first-order valence-corrected chi connectivity index (χ1v) is 13.0. The SMILES string of the molecule is O=C(c1cc(-c2ccccc2)nc2ccncc12)N1CCc2ccccc2C1CC1CCCCC1. The normalized spacial score (nSPS) is 18.4. The Morgan fingerprint density at radius 3 is 2.60 bits per heavy atom. The molecular formula is C31H31N3O. The zero-order valence-electron chi connectivity index (χ0n) is 20.1. The van der Waals surface area contributed by atoms with Crippen molar-refractivity contribution in [2.45, 2.75) is 51.0 Å². The molecule has 1 fully saturated rings. The van der Waals surface area contributed by atoms with Gasteiger partial charge in [-0.2, -0.15) is 0 Å². The number of hydrogen-bond donors (Lipinski definition) is 0. The standard InChI is InChI=1S/C31H31N3O/c35-31(26-20-29(24-12-5-2-6-13-24)33-28-15-17-32-21-27(26)28)34-18-16-23-11-7-8-14-25(23)30(34)19-22-9-3-1-4-10-22/h2,5-8,11-15,17,20-22,30H,1,3-4,9-10,16,18-19H2. The minimum absolute atomic E-state index is 0.0953. The molecule has 1 unspecified atom stereocenters. The van der Waals surface area contributed by atoms with E-state index in [1.807, 2.05) is 42.5 Å². The van der Waals surface area contributed by atoms with Crippen molar-refractivity contribution >= 4 is 16.8 Å². The maximum Gasteiger partial charge on any atom is 0.255 e. The highest BCUT2D eigenvalue weighted by molar-refractivity contribution is 6.07. The van der Waals surface area contributed by atoms with E-state index in [1.165, 1.54) is 43.2 Å². The van der Waals surface area contributed by atoms with Crippen LogP contribution in [0.25, 0.3) is 22.2 Å². The van der Waals surface area contributed by atoms with Crippen molar-refractivity contribution < 1.29 is 4.79 Å². The molecule has 0 N–H and O–H groups in total. The first-order chi connectivity index (χ1) is 17.3. The second-order valence-electron chi connectivity index (χ2n) is 10.0. The van der Waals surface area contributed by atoms with Crippen molar-refractivity contribution in [2.24, 2.45) is 5.92 Å². The van der Waals surface area contributed by atoms with Gasteiger partial charge >= 0.3 is 0 Å². The minimum Gasteiger partial charge on any atom is -0.331 e. The molecule has 4 aromatic rings. The van der Waals surface area contributed by atoms with E-state index in [-0.39, 0.29) is 11.9 Å². The maximum absolute atomic E-state index is 14.3. The van der Waals surface area contributed by atoms with Gasteiger partial charge in [-0.25, -0.2) is 4.98 Å². The number of carbonyl (C=O) groups excluding carboxylic acids is 1. The minimum atomic E-state index is 0.0953. The average Bonchev–Trinajstić information content (AvgIpc) is 2.93. The summed E-state index contributed by atoms with van der Waals surface area (Å²) < 4.78 is 0. The molecule has 2 aromatic carbocycles. The summed E-state index contributed by atoms with van der Waals surface area (Å²) in [6.07, 6.45) is 12.0. The zero-order chi connectivity index (χ0) is 23.6. The smallest absolute Gasteiger partial charge is 0.255 e. The topological polar surface area (TPSA) is 46.1 Å². The van der Waals surface area contributed by atoms with Crippen molar-refractivity contribution in [1.29, 1.82) is 0 Å². The van der Waals surface area contributed by atoms with Crippen molar-refractivity contribution in [1.82, 2.24) is 14.9 Å². The molecule has 4 heteroatoms. The lowest BCUT2D eigenvalue weighted by atomic mass is 9.80. The zero-order valence-corrected chi connectivity index (χ0v) is 20.1. The Morgan fingerprint density at radius 2 is 1.74 bits per heavy atom. The van der Waals surface area contributed by atoms with Gasteiger partial charge in [-0.15, -0.1) is 0 Å². The van der Waals surface area contributed by atoms with Crippen LogP contribution in [-0.2, 0) is 6.42 Å². The fraction of sp³-hybridized carbons (Fsp3) is 0.323. The van der Waals surface area contributed by atoms with Crippen LogP contribution in [-0.4, -0.2) is 27.3 Å². The number of rotatable bonds is 4.